The van der Waals surface area contributed by atoms with E-state index >= 15 is 0 Å². The van der Waals surface area contributed by atoms with E-state index in [1.807, 2.05) is 4.90 Å². The van der Waals surface area contributed by atoms with Crippen LogP contribution in [0.1, 0.15) is 31.2 Å². The number of anilines is 1. The molecule has 106 valence electrons. The summed E-state index contributed by atoms with van der Waals surface area (Å²) in [5.41, 5.74) is 5.85. The highest BCUT2D eigenvalue weighted by Crippen LogP contribution is 2.30. The number of hydrogen-bond donors (Lipinski definition) is 2. The fourth-order valence-electron chi connectivity index (χ4n) is 2.73. The first-order valence-electron chi connectivity index (χ1n) is 6.73. The number of halogens is 2. The first-order chi connectivity index (χ1) is 9.19. The molecule has 0 amide bonds. The average Bonchev–Trinajstić information content (AvgIpc) is 2.43. The maximum atomic E-state index is 14.1. The monoisotopic (exact) mass is 270 g/mol. The lowest BCUT2D eigenvalue weighted by Gasteiger charge is -2.37. The zero-order valence-electron chi connectivity index (χ0n) is 10.9. The van der Waals surface area contributed by atoms with Crippen LogP contribution in [-0.4, -0.2) is 24.3 Å². The van der Waals surface area contributed by atoms with Crippen molar-refractivity contribution in [2.24, 2.45) is 5.73 Å². The highest BCUT2D eigenvalue weighted by Gasteiger charge is 2.26. The van der Waals surface area contributed by atoms with Gasteiger partial charge in [-0.25, -0.2) is 8.78 Å². The van der Waals surface area contributed by atoms with Crippen LogP contribution in [0.25, 0.3) is 0 Å². The molecule has 0 spiro atoms. The second-order valence-electron chi connectivity index (χ2n) is 4.93. The Morgan fingerprint density at radius 1 is 1.26 bits per heavy atom. The van der Waals surface area contributed by atoms with Gasteiger partial charge in [0.15, 0.2) is 11.6 Å². The van der Waals surface area contributed by atoms with Gasteiger partial charge in [-0.05, 0) is 31.7 Å². The summed E-state index contributed by atoms with van der Waals surface area (Å²) in [6.45, 7) is 0.748. The van der Waals surface area contributed by atoms with Crippen molar-refractivity contribution in [1.29, 1.82) is 0 Å². The van der Waals surface area contributed by atoms with Crippen LogP contribution in [-0.2, 0) is 6.54 Å². The Kier molecular flexibility index (Phi) is 4.71. The Hall–Kier alpha value is -1.20. The fourth-order valence-corrected chi connectivity index (χ4v) is 2.73. The van der Waals surface area contributed by atoms with Crippen LogP contribution in [0.5, 0.6) is 0 Å². The molecule has 5 heteroatoms. The molecular formula is C14H20F2N2O. The van der Waals surface area contributed by atoms with Gasteiger partial charge in [-0.1, -0.05) is 6.07 Å². The lowest BCUT2D eigenvalue weighted by molar-refractivity contribution is 0.262. The van der Waals surface area contributed by atoms with Crippen LogP contribution >= 0.6 is 0 Å². The summed E-state index contributed by atoms with van der Waals surface area (Å²) in [6, 6.07) is 3.21. The highest BCUT2D eigenvalue weighted by atomic mass is 19.2. The van der Waals surface area contributed by atoms with Gasteiger partial charge in [0.25, 0.3) is 0 Å². The molecule has 1 heterocycles. The third kappa shape index (κ3) is 2.87. The SMILES string of the molecule is NCc1ccc(N2CCCCC2CCO)c(F)c1F. The van der Waals surface area contributed by atoms with Crippen molar-refractivity contribution >= 4 is 5.69 Å². The molecule has 3 N–H and O–H groups in total. The third-order valence-electron chi connectivity index (χ3n) is 3.76. The van der Waals surface area contributed by atoms with Crippen molar-refractivity contribution in [3.05, 3.63) is 29.3 Å². The number of piperidine rings is 1. The van der Waals surface area contributed by atoms with Crippen LogP contribution in [0, 0.1) is 11.6 Å². The summed E-state index contributed by atoms with van der Waals surface area (Å²) in [5, 5.41) is 9.08. The molecule has 19 heavy (non-hydrogen) atoms. The molecule has 1 atom stereocenters. The lowest BCUT2D eigenvalue weighted by atomic mass is 9.98. The number of aliphatic hydroxyl groups excluding tert-OH is 1. The van der Waals surface area contributed by atoms with Gasteiger partial charge in [0.05, 0.1) is 5.69 Å². The number of rotatable bonds is 4. The van der Waals surface area contributed by atoms with Crippen LogP contribution in [0.2, 0.25) is 0 Å². The third-order valence-corrected chi connectivity index (χ3v) is 3.76. The Morgan fingerprint density at radius 3 is 2.74 bits per heavy atom. The molecule has 0 bridgehead atoms. The van der Waals surface area contributed by atoms with Gasteiger partial charge in [-0.15, -0.1) is 0 Å². The van der Waals surface area contributed by atoms with Crippen molar-refractivity contribution < 1.29 is 13.9 Å². The molecule has 1 aromatic rings. The minimum absolute atomic E-state index is 0.0108. The van der Waals surface area contributed by atoms with Gasteiger partial charge in [0.2, 0.25) is 0 Å². The van der Waals surface area contributed by atoms with Crippen LogP contribution in [0.15, 0.2) is 12.1 Å². The van der Waals surface area contributed by atoms with Crippen molar-refractivity contribution in [2.75, 3.05) is 18.1 Å². The van der Waals surface area contributed by atoms with Gasteiger partial charge in [-0.2, -0.15) is 0 Å². The van der Waals surface area contributed by atoms with E-state index in [2.05, 4.69) is 0 Å². The van der Waals surface area contributed by atoms with Gasteiger partial charge in [0.1, 0.15) is 0 Å². The number of hydrogen-bond acceptors (Lipinski definition) is 3. The summed E-state index contributed by atoms with van der Waals surface area (Å²) in [6.07, 6.45) is 3.51. The summed E-state index contributed by atoms with van der Waals surface area (Å²) in [4.78, 5) is 1.87. The molecule has 1 fully saturated rings. The second kappa shape index (κ2) is 6.30. The van der Waals surface area contributed by atoms with E-state index in [9.17, 15) is 8.78 Å². The maximum Gasteiger partial charge on any atom is 0.182 e. The van der Waals surface area contributed by atoms with Gasteiger partial charge in [-0.3, -0.25) is 0 Å². The Morgan fingerprint density at radius 2 is 2.05 bits per heavy atom. The maximum absolute atomic E-state index is 14.1. The van der Waals surface area contributed by atoms with Gasteiger partial charge in [0, 0.05) is 31.3 Å². The topological polar surface area (TPSA) is 49.5 Å². The number of aliphatic hydroxyl groups is 1. The minimum atomic E-state index is -0.853. The molecule has 2 rings (SSSR count). The molecule has 1 aliphatic heterocycles. The first kappa shape index (κ1) is 14.2. The average molecular weight is 270 g/mol. The van der Waals surface area contributed by atoms with E-state index in [0.29, 0.717) is 13.0 Å². The quantitative estimate of drug-likeness (QED) is 0.881. The lowest BCUT2D eigenvalue weighted by Crippen LogP contribution is -2.40. The zero-order valence-corrected chi connectivity index (χ0v) is 10.9. The Balaban J connectivity index is 2.31. The van der Waals surface area contributed by atoms with Crippen molar-refractivity contribution in [2.45, 2.75) is 38.3 Å². The van der Waals surface area contributed by atoms with Gasteiger partial charge >= 0.3 is 0 Å². The summed E-state index contributed by atoms with van der Waals surface area (Å²) in [5.74, 6) is -1.68. The fraction of sp³-hybridized carbons (Fsp3) is 0.571. The Labute approximate surface area is 112 Å². The predicted molar refractivity (Wildman–Crippen MR) is 70.9 cm³/mol. The van der Waals surface area contributed by atoms with E-state index in [1.54, 1.807) is 12.1 Å². The zero-order chi connectivity index (χ0) is 13.8. The number of benzene rings is 1. The van der Waals surface area contributed by atoms with E-state index in [-0.39, 0.29) is 30.4 Å². The minimum Gasteiger partial charge on any atom is -0.396 e. The van der Waals surface area contributed by atoms with E-state index < -0.39 is 11.6 Å². The molecule has 1 saturated heterocycles. The molecule has 1 unspecified atom stereocenters. The molecule has 3 nitrogen and oxygen atoms in total. The first-order valence-corrected chi connectivity index (χ1v) is 6.73. The molecular weight excluding hydrogens is 250 g/mol. The largest absolute Gasteiger partial charge is 0.396 e. The van der Waals surface area contributed by atoms with Crippen LogP contribution in [0.3, 0.4) is 0 Å². The number of nitrogens with zero attached hydrogens (tertiary/aromatic N) is 1. The van der Waals surface area contributed by atoms with Crippen molar-refractivity contribution in [3.8, 4) is 0 Å². The van der Waals surface area contributed by atoms with Gasteiger partial charge < -0.3 is 15.7 Å². The van der Waals surface area contributed by atoms with E-state index in [4.69, 9.17) is 10.8 Å². The van der Waals surface area contributed by atoms with Crippen molar-refractivity contribution in [3.63, 3.8) is 0 Å². The van der Waals surface area contributed by atoms with E-state index in [1.165, 1.54) is 0 Å². The van der Waals surface area contributed by atoms with E-state index in [0.717, 1.165) is 19.3 Å². The molecule has 0 aliphatic carbocycles. The highest BCUT2D eigenvalue weighted by molar-refractivity contribution is 5.51. The summed E-state index contributed by atoms with van der Waals surface area (Å²) < 4.78 is 27.9. The second-order valence-corrected chi connectivity index (χ2v) is 4.93. The smallest absolute Gasteiger partial charge is 0.182 e. The molecule has 1 aromatic carbocycles. The predicted octanol–water partition coefficient (Wildman–Crippen LogP) is 2.16. The number of nitrogens with two attached hydrogens (primary N) is 1. The molecule has 0 saturated carbocycles. The standard InChI is InChI=1S/C14H20F2N2O/c15-13-10(9-17)4-5-12(14(13)16)18-7-2-1-3-11(18)6-8-19/h4-5,11,19H,1-3,6-9,17H2. The Bertz CT molecular complexity index is 438. The van der Waals surface area contributed by atoms with Crippen LogP contribution in [0.4, 0.5) is 14.5 Å². The van der Waals surface area contributed by atoms with Crippen LogP contribution < -0.4 is 10.6 Å². The molecule has 0 aromatic heterocycles. The normalized spacial score (nSPS) is 19.8. The summed E-state index contributed by atoms with van der Waals surface area (Å²) in [7, 11) is 0. The summed E-state index contributed by atoms with van der Waals surface area (Å²) >= 11 is 0. The molecule has 1 aliphatic rings. The molecule has 0 radical (unpaired) electrons. The van der Waals surface area contributed by atoms with Crippen molar-refractivity contribution in [1.82, 2.24) is 0 Å².